The van der Waals surface area contributed by atoms with Crippen molar-refractivity contribution in [3.05, 3.63) is 58.9 Å². The van der Waals surface area contributed by atoms with Crippen LogP contribution in [0.25, 0.3) is 11.5 Å². The summed E-state index contributed by atoms with van der Waals surface area (Å²) in [7, 11) is -3.84. The van der Waals surface area contributed by atoms with E-state index in [0.29, 0.717) is 29.1 Å². The van der Waals surface area contributed by atoms with E-state index in [2.05, 4.69) is 15.5 Å². The van der Waals surface area contributed by atoms with Gasteiger partial charge < -0.3 is 9.73 Å². The van der Waals surface area contributed by atoms with Crippen LogP contribution in [0, 0.1) is 0 Å². The Morgan fingerprint density at radius 2 is 1.94 bits per heavy atom. The van der Waals surface area contributed by atoms with Gasteiger partial charge in [0.05, 0.1) is 22.0 Å². The zero-order valence-corrected chi connectivity index (χ0v) is 18.6. The van der Waals surface area contributed by atoms with Gasteiger partial charge in [0.2, 0.25) is 27.7 Å². The number of benzene rings is 2. The summed E-state index contributed by atoms with van der Waals surface area (Å²) >= 11 is 6.18. The minimum absolute atomic E-state index is 0.0716. The number of carbonyl (C=O) groups is 1. The first-order chi connectivity index (χ1) is 14.8. The smallest absolute Gasteiger partial charge is 0.249 e. The zero-order chi connectivity index (χ0) is 22.2. The molecule has 162 valence electrons. The van der Waals surface area contributed by atoms with E-state index in [-0.39, 0.29) is 35.2 Å². The van der Waals surface area contributed by atoms with Gasteiger partial charge in [-0.3, -0.25) is 4.79 Å². The van der Waals surface area contributed by atoms with Gasteiger partial charge in [0.25, 0.3) is 0 Å². The lowest BCUT2D eigenvalue weighted by Crippen LogP contribution is -2.36. The molecule has 31 heavy (non-hydrogen) atoms. The van der Waals surface area contributed by atoms with E-state index in [1.54, 1.807) is 50.2 Å². The van der Waals surface area contributed by atoms with Crippen molar-refractivity contribution in [1.29, 1.82) is 0 Å². The normalized spacial score (nSPS) is 14.0. The monoisotopic (exact) mass is 460 g/mol. The highest BCUT2D eigenvalue weighted by atomic mass is 35.5. The molecular formula is C21H21ClN4O4S. The van der Waals surface area contributed by atoms with E-state index >= 15 is 0 Å². The van der Waals surface area contributed by atoms with Gasteiger partial charge >= 0.3 is 0 Å². The van der Waals surface area contributed by atoms with Crippen molar-refractivity contribution in [2.45, 2.75) is 44.2 Å². The Labute approximate surface area is 185 Å². The molecule has 3 aromatic rings. The third-order valence-corrected chi connectivity index (χ3v) is 7.36. The summed E-state index contributed by atoms with van der Waals surface area (Å²) in [4.78, 5) is 11.7. The highest BCUT2D eigenvalue weighted by molar-refractivity contribution is 7.89. The molecule has 1 aliphatic rings. The molecule has 0 unspecified atom stereocenters. The number of sulfonamides is 1. The maximum absolute atomic E-state index is 13.4. The fraction of sp³-hybridized carbons (Fsp3) is 0.286. The number of hydrogen-bond donors (Lipinski definition) is 1. The van der Waals surface area contributed by atoms with E-state index in [0.717, 1.165) is 5.56 Å². The van der Waals surface area contributed by atoms with Crippen molar-refractivity contribution < 1.29 is 17.6 Å². The van der Waals surface area contributed by atoms with Crippen LogP contribution < -0.4 is 5.32 Å². The number of nitrogens with one attached hydrogen (secondary N) is 1. The molecule has 0 spiro atoms. The number of aryl methyl sites for hydroxylation is 1. The Morgan fingerprint density at radius 3 is 2.68 bits per heavy atom. The second-order valence-corrected chi connectivity index (χ2v) is 9.79. The van der Waals surface area contributed by atoms with Crippen LogP contribution in [-0.4, -0.2) is 34.9 Å². The first-order valence-electron chi connectivity index (χ1n) is 9.77. The largest absolute Gasteiger partial charge is 0.419 e. The second-order valence-electron chi connectivity index (χ2n) is 7.49. The second kappa shape index (κ2) is 8.41. The molecule has 1 N–H and O–H groups in total. The number of fused-ring (bicyclic) bond motifs is 1. The Morgan fingerprint density at radius 1 is 1.16 bits per heavy atom. The van der Waals surface area contributed by atoms with Crippen LogP contribution in [-0.2, 0) is 27.8 Å². The number of aromatic nitrogens is 2. The summed E-state index contributed by atoms with van der Waals surface area (Å²) in [5, 5.41) is 11.3. The molecule has 4 rings (SSSR count). The van der Waals surface area contributed by atoms with Gasteiger partial charge in [-0.1, -0.05) is 23.7 Å². The maximum atomic E-state index is 13.4. The molecule has 0 fully saturated rings. The number of carbonyl (C=O) groups excluding carboxylic acids is 1. The molecule has 0 radical (unpaired) electrons. The average Bonchev–Trinajstić information content (AvgIpc) is 3.20. The maximum Gasteiger partial charge on any atom is 0.249 e. The van der Waals surface area contributed by atoms with Gasteiger partial charge in [0, 0.05) is 18.2 Å². The van der Waals surface area contributed by atoms with Crippen molar-refractivity contribution in [3.8, 4) is 11.5 Å². The number of nitrogens with zero attached hydrogens (tertiary/aromatic N) is 3. The predicted octanol–water partition coefficient (Wildman–Crippen LogP) is 3.87. The van der Waals surface area contributed by atoms with Gasteiger partial charge in [-0.2, -0.15) is 4.31 Å². The van der Waals surface area contributed by atoms with Gasteiger partial charge in [0.1, 0.15) is 0 Å². The number of halogens is 1. The van der Waals surface area contributed by atoms with Gasteiger partial charge in [-0.15, -0.1) is 10.2 Å². The van der Waals surface area contributed by atoms with Crippen LogP contribution in [0.4, 0.5) is 5.69 Å². The van der Waals surface area contributed by atoms with E-state index in [9.17, 15) is 13.2 Å². The predicted molar refractivity (Wildman–Crippen MR) is 116 cm³/mol. The van der Waals surface area contributed by atoms with Crippen molar-refractivity contribution in [3.63, 3.8) is 0 Å². The molecule has 1 aromatic heterocycles. The molecule has 0 atom stereocenters. The zero-order valence-electron chi connectivity index (χ0n) is 17.0. The van der Waals surface area contributed by atoms with E-state index in [1.165, 1.54) is 10.4 Å². The molecule has 8 nitrogen and oxygen atoms in total. The quantitative estimate of drug-likeness (QED) is 0.598. The first-order valence-corrected chi connectivity index (χ1v) is 11.6. The fourth-order valence-corrected chi connectivity index (χ4v) is 5.25. The minimum atomic E-state index is -3.84. The fourth-order valence-electron chi connectivity index (χ4n) is 3.40. The third-order valence-electron chi connectivity index (χ3n) is 5.02. The van der Waals surface area contributed by atoms with Crippen LogP contribution in [0.15, 0.2) is 51.8 Å². The van der Waals surface area contributed by atoms with Crippen LogP contribution in [0.3, 0.4) is 0 Å². The molecule has 0 aliphatic carbocycles. The number of hydrogen-bond acceptors (Lipinski definition) is 6. The molecule has 1 amide bonds. The highest BCUT2D eigenvalue weighted by Gasteiger charge is 2.30. The summed E-state index contributed by atoms with van der Waals surface area (Å²) in [6.07, 6.45) is 0.828. The number of anilines is 1. The Bertz CT molecular complexity index is 1240. The molecule has 0 saturated heterocycles. The summed E-state index contributed by atoms with van der Waals surface area (Å²) in [6.45, 7) is 3.48. The third kappa shape index (κ3) is 4.34. The van der Waals surface area contributed by atoms with Crippen molar-refractivity contribution in [2.75, 3.05) is 5.32 Å². The molecule has 0 bridgehead atoms. The average molecular weight is 461 g/mol. The van der Waals surface area contributed by atoms with Crippen LogP contribution in [0.5, 0.6) is 0 Å². The lowest BCUT2D eigenvalue weighted by Gasteiger charge is -2.25. The van der Waals surface area contributed by atoms with Gasteiger partial charge in [-0.05, 0) is 56.2 Å². The standard InChI is InChI=1S/C21H21ClN4O4S/c1-13(2)26(12-20-24-25-21(30-20)16-5-3-4-6-17(16)22)31(28,29)15-8-9-18-14(11-15)7-10-19(27)23-18/h3-6,8-9,11,13H,7,10,12H2,1-2H3,(H,23,27). The van der Waals surface area contributed by atoms with Crippen LogP contribution in [0.1, 0.15) is 31.7 Å². The van der Waals surface area contributed by atoms with E-state index in [1.807, 2.05) is 0 Å². The molecule has 2 heterocycles. The van der Waals surface area contributed by atoms with Crippen molar-refractivity contribution in [2.24, 2.45) is 0 Å². The van der Waals surface area contributed by atoms with Crippen molar-refractivity contribution >= 4 is 33.2 Å². The number of rotatable bonds is 6. The summed E-state index contributed by atoms with van der Waals surface area (Å²) in [5.41, 5.74) is 2.02. The topological polar surface area (TPSA) is 105 Å². The SMILES string of the molecule is CC(C)N(Cc1nnc(-c2ccccc2Cl)o1)S(=O)(=O)c1ccc2c(c1)CCC(=O)N2. The van der Waals surface area contributed by atoms with Gasteiger partial charge in [-0.25, -0.2) is 8.42 Å². The minimum Gasteiger partial charge on any atom is -0.419 e. The Balaban J connectivity index is 1.62. The summed E-state index contributed by atoms with van der Waals surface area (Å²) in [6, 6.07) is 11.4. The molecule has 2 aromatic carbocycles. The lowest BCUT2D eigenvalue weighted by atomic mass is 10.0. The highest BCUT2D eigenvalue weighted by Crippen LogP contribution is 2.30. The number of amides is 1. The van der Waals surface area contributed by atoms with E-state index < -0.39 is 10.0 Å². The van der Waals surface area contributed by atoms with Crippen molar-refractivity contribution in [1.82, 2.24) is 14.5 Å². The lowest BCUT2D eigenvalue weighted by molar-refractivity contribution is -0.116. The molecule has 1 aliphatic heterocycles. The summed E-state index contributed by atoms with van der Waals surface area (Å²) in [5.74, 6) is 0.321. The Hall–Kier alpha value is -2.75. The molecule has 0 saturated carbocycles. The Kier molecular flexibility index (Phi) is 5.83. The summed E-state index contributed by atoms with van der Waals surface area (Å²) < 4.78 is 33.8. The molecule has 10 heteroatoms. The van der Waals surface area contributed by atoms with Crippen LogP contribution >= 0.6 is 11.6 Å². The van der Waals surface area contributed by atoms with Gasteiger partial charge in [0.15, 0.2) is 0 Å². The first kappa shape index (κ1) is 21.5. The van der Waals surface area contributed by atoms with Crippen LogP contribution in [0.2, 0.25) is 5.02 Å². The van der Waals surface area contributed by atoms with E-state index in [4.69, 9.17) is 16.0 Å². The molecular weight excluding hydrogens is 440 g/mol.